The number of aliphatic hydroxyl groups excluding tert-OH is 1. The van der Waals surface area contributed by atoms with Crippen LogP contribution in [0, 0.1) is 0 Å². The Balaban J connectivity index is 0.000000192. The number of piperazine rings is 1. The summed E-state index contributed by atoms with van der Waals surface area (Å²) >= 11 is 14.0. The van der Waals surface area contributed by atoms with Gasteiger partial charge in [0, 0.05) is 60.0 Å². The van der Waals surface area contributed by atoms with Gasteiger partial charge in [-0.25, -0.2) is 4.99 Å². The van der Waals surface area contributed by atoms with Crippen molar-refractivity contribution in [3.63, 3.8) is 0 Å². The van der Waals surface area contributed by atoms with Crippen molar-refractivity contribution in [2.75, 3.05) is 59.6 Å². The number of rotatable bonds is 7. The molecule has 0 amide bonds. The average molecular weight is 726 g/mol. The lowest BCUT2D eigenvalue weighted by molar-refractivity contribution is 0.0652. The summed E-state index contributed by atoms with van der Waals surface area (Å²) in [5, 5.41) is 13.5. The Kier molecular flexibility index (Phi) is 13.7. The van der Waals surface area contributed by atoms with Crippen LogP contribution in [0.1, 0.15) is 47.1 Å². The Bertz CT molecular complexity index is 1680. The van der Waals surface area contributed by atoms with E-state index in [0.29, 0.717) is 35.2 Å². The number of nitrogens with zero attached hydrogens (tertiary/aromatic N) is 3. The predicted molar refractivity (Wildman–Crippen MR) is 202 cm³/mol. The van der Waals surface area contributed by atoms with E-state index in [2.05, 4.69) is 94.0 Å². The zero-order valence-corrected chi connectivity index (χ0v) is 30.3. The molecule has 2 atom stereocenters. The summed E-state index contributed by atoms with van der Waals surface area (Å²) in [6.07, 6.45) is 2.26. The summed E-state index contributed by atoms with van der Waals surface area (Å²) in [4.78, 5) is 12.4. The first-order chi connectivity index (χ1) is 23.1. The van der Waals surface area contributed by atoms with Gasteiger partial charge in [-0.1, -0.05) is 95.6 Å². The summed E-state index contributed by atoms with van der Waals surface area (Å²) < 4.78 is 5.40. The fourth-order valence-electron chi connectivity index (χ4n) is 6.62. The summed E-state index contributed by atoms with van der Waals surface area (Å²) in [6.45, 7) is 6.01. The Morgan fingerprint density at radius 2 is 1.54 bits per heavy atom. The van der Waals surface area contributed by atoms with E-state index in [1.165, 1.54) is 32.0 Å². The van der Waals surface area contributed by atoms with Gasteiger partial charge in [0.15, 0.2) is 0 Å². The minimum Gasteiger partial charge on any atom is -0.394 e. The fraction of sp³-hybridized carbons (Fsp3) is 0.342. The minimum atomic E-state index is 0. The number of nitrogens with one attached hydrogen (secondary N) is 1. The quantitative estimate of drug-likeness (QED) is 0.187. The summed E-state index contributed by atoms with van der Waals surface area (Å²) in [7, 11) is 2.03. The molecule has 2 heterocycles. The molecule has 0 spiro atoms. The minimum absolute atomic E-state index is 0. The van der Waals surface area contributed by atoms with Crippen LogP contribution in [-0.4, -0.2) is 80.3 Å². The van der Waals surface area contributed by atoms with Gasteiger partial charge in [-0.3, -0.25) is 4.90 Å². The Morgan fingerprint density at radius 3 is 2.29 bits per heavy atom. The molecule has 0 radical (unpaired) electrons. The van der Waals surface area contributed by atoms with Gasteiger partial charge in [0.05, 0.1) is 35.6 Å². The van der Waals surface area contributed by atoms with E-state index >= 15 is 0 Å². The van der Waals surface area contributed by atoms with Gasteiger partial charge in [0.1, 0.15) is 5.84 Å². The summed E-state index contributed by atoms with van der Waals surface area (Å²) in [5.41, 5.74) is 6.32. The Hall–Kier alpha value is -2.59. The molecular formula is C38H43Cl3N4O2S. The SMILES string of the molecule is CN[C@H]1CC[C@@H](c2ccc(Cl)c(Cl)c2)c2ccccc21.Cl.OCCOCCN1CCN(C2=Nc3ccccc3Sc3ccccc32)CC1. The molecule has 4 aromatic rings. The molecule has 254 valence electrons. The van der Waals surface area contributed by atoms with E-state index in [1.54, 1.807) is 11.8 Å². The van der Waals surface area contributed by atoms with Gasteiger partial charge in [-0.15, -0.1) is 12.4 Å². The molecular weight excluding hydrogens is 683 g/mol. The second-order valence-corrected chi connectivity index (χ2v) is 13.8. The number of amidine groups is 1. The maximum atomic E-state index is 8.79. The van der Waals surface area contributed by atoms with Crippen LogP contribution in [-0.2, 0) is 4.74 Å². The number of halogens is 3. The first kappa shape index (κ1) is 36.7. The van der Waals surface area contributed by atoms with Crippen molar-refractivity contribution in [3.05, 3.63) is 123 Å². The van der Waals surface area contributed by atoms with Crippen molar-refractivity contribution < 1.29 is 9.84 Å². The molecule has 0 aromatic heterocycles. The monoisotopic (exact) mass is 724 g/mol. The van der Waals surface area contributed by atoms with Crippen LogP contribution < -0.4 is 5.32 Å². The molecule has 2 aliphatic heterocycles. The molecule has 1 saturated heterocycles. The topological polar surface area (TPSA) is 60.3 Å². The van der Waals surface area contributed by atoms with Crippen LogP contribution in [0.25, 0.3) is 0 Å². The highest BCUT2D eigenvalue weighted by Crippen LogP contribution is 2.42. The van der Waals surface area contributed by atoms with Crippen LogP contribution in [0.4, 0.5) is 5.69 Å². The highest BCUT2D eigenvalue weighted by Gasteiger charge is 2.28. The second kappa shape index (κ2) is 17.9. The normalized spacial score (nSPS) is 18.6. The predicted octanol–water partition coefficient (Wildman–Crippen LogP) is 8.46. The van der Waals surface area contributed by atoms with Crippen molar-refractivity contribution in [1.82, 2.24) is 15.1 Å². The van der Waals surface area contributed by atoms with Crippen molar-refractivity contribution in [1.29, 1.82) is 0 Å². The van der Waals surface area contributed by atoms with Crippen molar-refractivity contribution in [2.24, 2.45) is 4.99 Å². The van der Waals surface area contributed by atoms with E-state index in [9.17, 15) is 0 Å². The smallest absolute Gasteiger partial charge is 0.137 e. The summed E-state index contributed by atoms with van der Waals surface area (Å²) in [6, 6.07) is 32.1. The molecule has 4 aromatic carbocycles. The number of fused-ring (bicyclic) bond motifs is 3. The van der Waals surface area contributed by atoms with Crippen LogP contribution in [0.2, 0.25) is 10.0 Å². The van der Waals surface area contributed by atoms with E-state index in [0.717, 1.165) is 57.1 Å². The van der Waals surface area contributed by atoms with E-state index < -0.39 is 0 Å². The molecule has 0 unspecified atom stereocenters. The van der Waals surface area contributed by atoms with Gasteiger partial charge in [0.25, 0.3) is 0 Å². The molecule has 3 aliphatic rings. The van der Waals surface area contributed by atoms with Crippen LogP contribution in [0.5, 0.6) is 0 Å². The van der Waals surface area contributed by atoms with Crippen LogP contribution >= 0.6 is 47.4 Å². The zero-order valence-electron chi connectivity index (χ0n) is 27.2. The third-order valence-electron chi connectivity index (χ3n) is 9.08. The summed E-state index contributed by atoms with van der Waals surface area (Å²) in [5.74, 6) is 1.49. The Labute approximate surface area is 304 Å². The van der Waals surface area contributed by atoms with Crippen molar-refractivity contribution in [3.8, 4) is 0 Å². The van der Waals surface area contributed by atoms with Crippen LogP contribution in [0.3, 0.4) is 0 Å². The Morgan fingerprint density at radius 1 is 0.833 bits per heavy atom. The van der Waals surface area contributed by atoms with Gasteiger partial charge in [-0.2, -0.15) is 0 Å². The first-order valence-electron chi connectivity index (χ1n) is 16.4. The number of aliphatic hydroxyl groups is 1. The van der Waals surface area contributed by atoms with Gasteiger partial charge in [-0.05, 0) is 66.9 Å². The highest BCUT2D eigenvalue weighted by atomic mass is 35.5. The van der Waals surface area contributed by atoms with Gasteiger partial charge in [0.2, 0.25) is 0 Å². The second-order valence-electron chi connectivity index (χ2n) is 11.9. The molecule has 1 aliphatic carbocycles. The molecule has 1 fully saturated rings. The number of benzene rings is 4. The first-order valence-corrected chi connectivity index (χ1v) is 17.9. The maximum Gasteiger partial charge on any atom is 0.137 e. The van der Waals surface area contributed by atoms with Crippen molar-refractivity contribution >= 4 is 58.9 Å². The number of ether oxygens (including phenoxy) is 1. The molecule has 0 bridgehead atoms. The highest BCUT2D eigenvalue weighted by molar-refractivity contribution is 7.99. The van der Waals surface area contributed by atoms with Gasteiger partial charge < -0.3 is 20.1 Å². The van der Waals surface area contributed by atoms with Crippen LogP contribution in [0.15, 0.2) is 106 Å². The van der Waals surface area contributed by atoms with E-state index in [1.807, 2.05) is 19.2 Å². The van der Waals surface area contributed by atoms with E-state index in [4.69, 9.17) is 38.0 Å². The third-order valence-corrected chi connectivity index (χ3v) is 11.0. The molecule has 48 heavy (non-hydrogen) atoms. The van der Waals surface area contributed by atoms with Crippen molar-refractivity contribution in [2.45, 2.75) is 34.6 Å². The molecule has 0 saturated carbocycles. The lowest BCUT2D eigenvalue weighted by Gasteiger charge is -2.36. The number of para-hydroxylation sites is 1. The van der Waals surface area contributed by atoms with E-state index in [-0.39, 0.29) is 19.0 Å². The largest absolute Gasteiger partial charge is 0.394 e. The molecule has 2 N–H and O–H groups in total. The number of hydrogen-bond acceptors (Lipinski definition) is 7. The maximum absolute atomic E-state index is 8.79. The number of hydrogen-bond donors (Lipinski definition) is 2. The lowest BCUT2D eigenvalue weighted by atomic mass is 9.77. The zero-order chi connectivity index (χ0) is 32.6. The number of aliphatic imine (C=N–C) groups is 1. The standard InChI is InChI=1S/C21H25N3O2S.C17H17Cl2N.ClH/c25-14-16-26-15-13-23-9-11-24(12-10-23)21-17-5-1-3-7-19(17)27-20-8-4-2-6-18(20)22-21;1-20-17-9-7-12(13-4-2-3-5-14(13)17)11-6-8-15(18)16(19)10-11;/h1-8,25H,9-16H2;2-6,8,10,12,17,20H,7,9H2,1H3;1H/t;12-,17-;/m.0./s1. The lowest BCUT2D eigenvalue weighted by Crippen LogP contribution is -2.49. The molecule has 10 heteroatoms. The average Bonchev–Trinajstić information content (AvgIpc) is 3.28. The molecule has 6 nitrogen and oxygen atoms in total. The third kappa shape index (κ3) is 8.76. The van der Waals surface area contributed by atoms with Gasteiger partial charge >= 0.3 is 0 Å². The molecule has 7 rings (SSSR count). The fourth-order valence-corrected chi connectivity index (χ4v) is 7.94.